The molecule has 0 saturated carbocycles. The number of fused-ring (bicyclic) bond motifs is 1. The maximum absolute atomic E-state index is 12.2. The molecule has 0 aliphatic carbocycles. The summed E-state index contributed by atoms with van der Waals surface area (Å²) < 4.78 is 0. The second kappa shape index (κ2) is 7.17. The molecule has 2 amide bonds. The van der Waals surface area contributed by atoms with Crippen molar-refractivity contribution < 1.29 is 4.79 Å². The average Bonchev–Trinajstić information content (AvgIpc) is 3.09. The van der Waals surface area contributed by atoms with E-state index in [0.717, 1.165) is 22.3 Å². The number of para-hydroxylation sites is 1. The van der Waals surface area contributed by atoms with Gasteiger partial charge in [-0.25, -0.2) is 4.79 Å². The van der Waals surface area contributed by atoms with Gasteiger partial charge in [-0.05, 0) is 54.4 Å². The zero-order valence-corrected chi connectivity index (χ0v) is 15.5. The van der Waals surface area contributed by atoms with E-state index in [2.05, 4.69) is 33.8 Å². The Morgan fingerprint density at radius 3 is 2.33 bits per heavy atom. The van der Waals surface area contributed by atoms with Crippen LogP contribution in [0.4, 0.5) is 16.2 Å². The van der Waals surface area contributed by atoms with Crippen LogP contribution in [0.2, 0.25) is 5.02 Å². The van der Waals surface area contributed by atoms with Gasteiger partial charge in [-0.3, -0.25) is 0 Å². The fourth-order valence-electron chi connectivity index (χ4n) is 2.93. The van der Waals surface area contributed by atoms with Gasteiger partial charge in [0.2, 0.25) is 0 Å². The molecule has 0 aliphatic rings. The van der Waals surface area contributed by atoms with Crippen molar-refractivity contribution in [1.29, 1.82) is 0 Å². The van der Waals surface area contributed by atoms with Crippen LogP contribution in [0.3, 0.4) is 0 Å². The van der Waals surface area contributed by atoms with Crippen molar-refractivity contribution in [3.8, 4) is 11.3 Å². The normalized spacial score (nSPS) is 10.7. The van der Waals surface area contributed by atoms with Crippen LogP contribution in [0.15, 0.2) is 72.8 Å². The van der Waals surface area contributed by atoms with E-state index in [9.17, 15) is 4.79 Å². The Kier molecular flexibility index (Phi) is 4.57. The number of H-pyrrole nitrogens is 1. The lowest BCUT2D eigenvalue weighted by Crippen LogP contribution is -2.19. The molecule has 0 spiro atoms. The molecular weight excluding hydrogens is 358 g/mol. The number of aryl methyl sites for hydroxylation is 1. The minimum absolute atomic E-state index is 0.312. The molecule has 4 nitrogen and oxygen atoms in total. The van der Waals surface area contributed by atoms with Gasteiger partial charge >= 0.3 is 6.03 Å². The molecule has 1 heterocycles. The second-order valence-electron chi connectivity index (χ2n) is 6.39. The number of amides is 2. The molecule has 134 valence electrons. The number of benzene rings is 3. The first-order valence-electron chi connectivity index (χ1n) is 8.61. The fraction of sp³-hybridized carbons (Fsp3) is 0.0455. The molecule has 0 unspecified atom stereocenters. The topological polar surface area (TPSA) is 56.9 Å². The number of aromatic nitrogens is 1. The highest BCUT2D eigenvalue weighted by Crippen LogP contribution is 2.25. The third kappa shape index (κ3) is 3.81. The van der Waals surface area contributed by atoms with E-state index in [1.54, 1.807) is 6.07 Å². The number of nitrogens with one attached hydrogen (secondary N) is 3. The van der Waals surface area contributed by atoms with Crippen molar-refractivity contribution in [2.45, 2.75) is 6.92 Å². The van der Waals surface area contributed by atoms with E-state index in [1.165, 1.54) is 5.39 Å². The van der Waals surface area contributed by atoms with Crippen LogP contribution < -0.4 is 10.6 Å². The molecule has 0 bridgehead atoms. The van der Waals surface area contributed by atoms with Gasteiger partial charge in [0.15, 0.2) is 0 Å². The smallest absolute Gasteiger partial charge is 0.323 e. The molecule has 0 atom stereocenters. The van der Waals surface area contributed by atoms with Gasteiger partial charge in [-0.1, -0.05) is 48.0 Å². The number of carbonyl (C=O) groups excluding carboxylic acids is 1. The zero-order chi connectivity index (χ0) is 18.8. The molecule has 4 aromatic rings. The summed E-state index contributed by atoms with van der Waals surface area (Å²) >= 11 is 6.09. The van der Waals surface area contributed by atoms with Crippen LogP contribution in [0.5, 0.6) is 0 Å². The number of rotatable bonds is 3. The summed E-state index contributed by atoms with van der Waals surface area (Å²) in [7, 11) is 0. The molecule has 0 fully saturated rings. The zero-order valence-electron chi connectivity index (χ0n) is 14.7. The monoisotopic (exact) mass is 375 g/mol. The van der Waals surface area contributed by atoms with E-state index < -0.39 is 0 Å². The standard InChI is InChI=1S/C22H18ClN3O/c1-14-6-9-18(13-19(14)23)25-22(27)24-17-10-7-15(8-11-17)21-12-16-4-2-3-5-20(16)26-21/h2-13,26H,1H3,(H2,24,25,27). The Bertz CT molecular complexity index is 1080. The van der Waals surface area contributed by atoms with Crippen LogP contribution in [0.25, 0.3) is 22.2 Å². The van der Waals surface area contributed by atoms with Crippen LogP contribution >= 0.6 is 11.6 Å². The van der Waals surface area contributed by atoms with Crippen LogP contribution in [0.1, 0.15) is 5.56 Å². The summed E-state index contributed by atoms with van der Waals surface area (Å²) in [5.41, 5.74) is 5.54. The van der Waals surface area contributed by atoms with Crippen molar-refractivity contribution in [3.63, 3.8) is 0 Å². The number of halogens is 1. The van der Waals surface area contributed by atoms with E-state index in [-0.39, 0.29) is 6.03 Å². The maximum Gasteiger partial charge on any atom is 0.323 e. The number of urea groups is 1. The van der Waals surface area contributed by atoms with Crippen molar-refractivity contribution in [2.75, 3.05) is 10.6 Å². The largest absolute Gasteiger partial charge is 0.355 e. The Balaban J connectivity index is 1.45. The van der Waals surface area contributed by atoms with E-state index in [0.29, 0.717) is 16.4 Å². The molecule has 3 N–H and O–H groups in total. The van der Waals surface area contributed by atoms with Crippen LogP contribution in [-0.2, 0) is 0 Å². The predicted molar refractivity (Wildman–Crippen MR) is 113 cm³/mol. The molecule has 0 aliphatic heterocycles. The molecule has 0 radical (unpaired) electrons. The maximum atomic E-state index is 12.2. The SMILES string of the molecule is Cc1ccc(NC(=O)Nc2ccc(-c3cc4ccccc4[nH]3)cc2)cc1Cl. The van der Waals surface area contributed by atoms with E-state index in [4.69, 9.17) is 11.6 Å². The third-order valence-electron chi connectivity index (χ3n) is 4.41. The summed E-state index contributed by atoms with van der Waals surface area (Å²) in [6.07, 6.45) is 0. The lowest BCUT2D eigenvalue weighted by atomic mass is 10.1. The highest BCUT2D eigenvalue weighted by atomic mass is 35.5. The number of hydrogen-bond donors (Lipinski definition) is 3. The van der Waals surface area contributed by atoms with Crippen molar-refractivity contribution in [2.24, 2.45) is 0 Å². The first-order valence-corrected chi connectivity index (χ1v) is 8.99. The summed E-state index contributed by atoms with van der Waals surface area (Å²) in [5.74, 6) is 0. The average molecular weight is 376 g/mol. The van der Waals surface area contributed by atoms with Gasteiger partial charge in [0, 0.05) is 33.0 Å². The van der Waals surface area contributed by atoms with Crippen LogP contribution in [-0.4, -0.2) is 11.0 Å². The molecular formula is C22H18ClN3O. The number of anilines is 2. The molecule has 0 saturated heterocycles. The number of carbonyl (C=O) groups is 1. The lowest BCUT2D eigenvalue weighted by Gasteiger charge is -2.09. The Morgan fingerprint density at radius 1 is 0.889 bits per heavy atom. The van der Waals surface area contributed by atoms with Gasteiger partial charge < -0.3 is 15.6 Å². The van der Waals surface area contributed by atoms with Gasteiger partial charge in [0.05, 0.1) is 0 Å². The van der Waals surface area contributed by atoms with Crippen molar-refractivity contribution in [3.05, 3.63) is 83.4 Å². The Morgan fingerprint density at radius 2 is 1.59 bits per heavy atom. The minimum atomic E-state index is -0.312. The van der Waals surface area contributed by atoms with Gasteiger partial charge in [-0.15, -0.1) is 0 Å². The van der Waals surface area contributed by atoms with Gasteiger partial charge in [0.1, 0.15) is 0 Å². The highest BCUT2D eigenvalue weighted by Gasteiger charge is 2.06. The first-order chi connectivity index (χ1) is 13.1. The predicted octanol–water partition coefficient (Wildman–Crippen LogP) is 6.44. The summed E-state index contributed by atoms with van der Waals surface area (Å²) in [6, 6.07) is 23.1. The van der Waals surface area contributed by atoms with Crippen molar-refractivity contribution in [1.82, 2.24) is 4.98 Å². The number of hydrogen-bond acceptors (Lipinski definition) is 1. The molecule has 27 heavy (non-hydrogen) atoms. The van der Waals surface area contributed by atoms with E-state index >= 15 is 0 Å². The van der Waals surface area contributed by atoms with Crippen LogP contribution in [0, 0.1) is 6.92 Å². The minimum Gasteiger partial charge on any atom is -0.355 e. The molecule has 5 heteroatoms. The Hall–Kier alpha value is -3.24. The van der Waals surface area contributed by atoms with E-state index in [1.807, 2.05) is 55.5 Å². The Labute approximate surface area is 162 Å². The molecule has 4 rings (SSSR count). The quantitative estimate of drug-likeness (QED) is 0.379. The first kappa shape index (κ1) is 17.2. The lowest BCUT2D eigenvalue weighted by molar-refractivity contribution is 0.262. The third-order valence-corrected chi connectivity index (χ3v) is 4.82. The van der Waals surface area contributed by atoms with Crippen molar-refractivity contribution >= 4 is 39.9 Å². The van der Waals surface area contributed by atoms with Gasteiger partial charge in [0.25, 0.3) is 0 Å². The molecule has 1 aromatic heterocycles. The summed E-state index contributed by atoms with van der Waals surface area (Å²) in [4.78, 5) is 15.6. The summed E-state index contributed by atoms with van der Waals surface area (Å²) in [6.45, 7) is 1.92. The molecule has 3 aromatic carbocycles. The second-order valence-corrected chi connectivity index (χ2v) is 6.80. The summed E-state index contributed by atoms with van der Waals surface area (Å²) in [5, 5.41) is 7.40. The fourth-order valence-corrected chi connectivity index (χ4v) is 3.11. The number of aromatic amines is 1. The highest BCUT2D eigenvalue weighted by molar-refractivity contribution is 6.31. The van der Waals surface area contributed by atoms with Gasteiger partial charge in [-0.2, -0.15) is 0 Å².